The number of aliphatic imine (C=N–C) groups is 1. The molecule has 1 aromatic carbocycles. The molecule has 2 aromatic rings. The van der Waals surface area contributed by atoms with Gasteiger partial charge in [0, 0.05) is 27.7 Å². The van der Waals surface area contributed by atoms with Gasteiger partial charge in [-0.15, -0.1) is 11.3 Å². The summed E-state index contributed by atoms with van der Waals surface area (Å²) in [6.07, 6.45) is 5.00. The summed E-state index contributed by atoms with van der Waals surface area (Å²) in [7, 11) is 1.31. The number of aromatic hydroxyl groups is 1. The lowest BCUT2D eigenvalue weighted by Gasteiger charge is -2.11. The predicted molar refractivity (Wildman–Crippen MR) is 99.3 cm³/mol. The second-order valence-corrected chi connectivity index (χ2v) is 7.28. The summed E-state index contributed by atoms with van der Waals surface area (Å²) >= 11 is 7.28. The van der Waals surface area contributed by atoms with Gasteiger partial charge >= 0.3 is 11.7 Å². The maximum atomic E-state index is 12.2. The molecule has 1 heterocycles. The van der Waals surface area contributed by atoms with Crippen LogP contribution in [-0.4, -0.2) is 29.3 Å². The van der Waals surface area contributed by atoms with Crippen LogP contribution in [0.15, 0.2) is 17.1 Å². The van der Waals surface area contributed by atoms with Crippen LogP contribution in [0.2, 0.25) is 5.02 Å². The molecule has 0 saturated heterocycles. The number of nitrogens with zero attached hydrogens (tertiary/aromatic N) is 2. The van der Waals surface area contributed by atoms with Gasteiger partial charge in [-0.2, -0.15) is 0 Å². The predicted octanol–water partition coefficient (Wildman–Crippen LogP) is 4.43. The topological polar surface area (TPSA) is 102 Å². The van der Waals surface area contributed by atoms with Gasteiger partial charge in [0.25, 0.3) is 0 Å². The molecule has 1 N–H and O–H groups in total. The Morgan fingerprint density at radius 2 is 2.15 bits per heavy atom. The van der Waals surface area contributed by atoms with Gasteiger partial charge in [0.05, 0.1) is 17.6 Å². The van der Waals surface area contributed by atoms with E-state index in [0.29, 0.717) is 10.6 Å². The Labute approximate surface area is 158 Å². The van der Waals surface area contributed by atoms with E-state index in [1.165, 1.54) is 30.7 Å². The van der Waals surface area contributed by atoms with Crippen molar-refractivity contribution in [1.29, 1.82) is 0 Å². The van der Waals surface area contributed by atoms with Gasteiger partial charge in [-0.1, -0.05) is 11.6 Å². The molecule has 3 rings (SSSR count). The Balaban J connectivity index is 2.06. The number of methoxy groups -OCH3 is 1. The first-order valence-corrected chi connectivity index (χ1v) is 9.05. The fraction of sp³-hybridized carbons (Fsp3) is 0.294. The Hall–Kier alpha value is -2.45. The molecule has 1 aliphatic rings. The van der Waals surface area contributed by atoms with Crippen LogP contribution in [0.5, 0.6) is 5.75 Å². The average Bonchev–Trinajstić information content (AvgIpc) is 2.99. The number of fused-ring (bicyclic) bond motifs is 1. The fourth-order valence-electron chi connectivity index (χ4n) is 2.93. The quantitative estimate of drug-likeness (QED) is 0.357. The summed E-state index contributed by atoms with van der Waals surface area (Å²) in [6, 6.07) is 2.44. The highest BCUT2D eigenvalue weighted by molar-refractivity contribution is 7.16. The Kier molecular flexibility index (Phi) is 5.24. The molecule has 0 bridgehead atoms. The van der Waals surface area contributed by atoms with Gasteiger partial charge in [0.2, 0.25) is 5.75 Å². The van der Waals surface area contributed by atoms with E-state index in [9.17, 15) is 20.0 Å². The first-order chi connectivity index (χ1) is 12.4. The second-order valence-electron chi connectivity index (χ2n) is 5.76. The van der Waals surface area contributed by atoms with Crippen molar-refractivity contribution in [3.63, 3.8) is 0 Å². The molecule has 26 heavy (non-hydrogen) atoms. The number of phenols is 1. The van der Waals surface area contributed by atoms with Gasteiger partial charge in [0.15, 0.2) is 0 Å². The summed E-state index contributed by atoms with van der Waals surface area (Å²) < 4.78 is 4.88. The van der Waals surface area contributed by atoms with Crippen LogP contribution in [0.4, 0.5) is 10.7 Å². The number of hydrogen-bond donors (Lipinski definition) is 1. The van der Waals surface area contributed by atoms with Crippen molar-refractivity contribution >= 4 is 45.8 Å². The lowest BCUT2D eigenvalue weighted by molar-refractivity contribution is -0.385. The number of thiophene rings is 1. The molecular weight excluding hydrogens is 380 g/mol. The van der Waals surface area contributed by atoms with E-state index in [1.54, 1.807) is 0 Å². The highest BCUT2D eigenvalue weighted by Gasteiger charge is 2.26. The van der Waals surface area contributed by atoms with E-state index >= 15 is 0 Å². The summed E-state index contributed by atoms with van der Waals surface area (Å²) in [4.78, 5) is 27.9. The Morgan fingerprint density at radius 1 is 1.42 bits per heavy atom. The number of carbonyl (C=O) groups excluding carboxylic acids is 1. The molecule has 0 fully saturated rings. The van der Waals surface area contributed by atoms with E-state index in [0.717, 1.165) is 42.2 Å². The first kappa shape index (κ1) is 18.3. The molecular formula is C17H15ClN2O5S. The van der Waals surface area contributed by atoms with E-state index in [1.807, 2.05) is 0 Å². The van der Waals surface area contributed by atoms with Crippen LogP contribution in [0.25, 0.3) is 0 Å². The second kappa shape index (κ2) is 7.43. The monoisotopic (exact) mass is 394 g/mol. The molecule has 0 atom stereocenters. The molecule has 1 aromatic heterocycles. The fourth-order valence-corrected chi connectivity index (χ4v) is 4.37. The van der Waals surface area contributed by atoms with Crippen LogP contribution in [0, 0.1) is 10.1 Å². The molecule has 0 amide bonds. The van der Waals surface area contributed by atoms with Crippen molar-refractivity contribution in [3.8, 4) is 5.75 Å². The zero-order valence-corrected chi connectivity index (χ0v) is 15.4. The molecule has 9 heteroatoms. The zero-order valence-electron chi connectivity index (χ0n) is 13.8. The smallest absolute Gasteiger partial charge is 0.341 e. The Bertz CT molecular complexity index is 922. The number of rotatable bonds is 4. The first-order valence-electron chi connectivity index (χ1n) is 7.86. The van der Waals surface area contributed by atoms with Crippen LogP contribution in [0.1, 0.15) is 39.2 Å². The third-order valence-corrected chi connectivity index (χ3v) is 5.56. The minimum absolute atomic E-state index is 0.103. The van der Waals surface area contributed by atoms with E-state index in [-0.39, 0.29) is 10.6 Å². The van der Waals surface area contributed by atoms with Gasteiger partial charge in [-0.05, 0) is 37.3 Å². The van der Waals surface area contributed by atoms with Crippen LogP contribution in [-0.2, 0) is 17.6 Å². The van der Waals surface area contributed by atoms with E-state index in [4.69, 9.17) is 16.3 Å². The molecule has 7 nitrogen and oxygen atoms in total. The van der Waals surface area contributed by atoms with Crippen molar-refractivity contribution in [2.24, 2.45) is 4.99 Å². The van der Waals surface area contributed by atoms with Gasteiger partial charge < -0.3 is 9.84 Å². The van der Waals surface area contributed by atoms with Crippen LogP contribution >= 0.6 is 22.9 Å². The SMILES string of the molecule is COC(=O)c1c(N=Cc2cc(Cl)cc([N+](=O)[O-])c2O)sc2c1CCCC2. The van der Waals surface area contributed by atoms with Gasteiger partial charge in [0.1, 0.15) is 5.00 Å². The molecule has 0 unspecified atom stereocenters. The Morgan fingerprint density at radius 3 is 2.85 bits per heavy atom. The van der Waals surface area contributed by atoms with Crippen LogP contribution < -0.4 is 0 Å². The van der Waals surface area contributed by atoms with Crippen molar-refractivity contribution in [3.05, 3.63) is 48.8 Å². The number of benzene rings is 1. The molecule has 1 aliphatic carbocycles. The maximum Gasteiger partial charge on any atom is 0.341 e. The largest absolute Gasteiger partial charge is 0.502 e. The number of ether oxygens (including phenoxy) is 1. The molecule has 136 valence electrons. The van der Waals surface area contributed by atoms with Gasteiger partial charge in [-0.25, -0.2) is 9.79 Å². The number of esters is 1. The normalized spacial score (nSPS) is 13.6. The van der Waals surface area contributed by atoms with Crippen molar-refractivity contribution < 1.29 is 19.6 Å². The molecule has 0 spiro atoms. The maximum absolute atomic E-state index is 12.2. The number of phenolic OH excluding ortho intramolecular Hbond substituents is 1. The lowest BCUT2D eigenvalue weighted by atomic mass is 9.95. The molecule has 0 radical (unpaired) electrons. The number of halogens is 1. The standard InChI is InChI=1S/C17H15ClN2O5S/c1-25-17(22)14-11-4-2-3-5-13(11)26-16(14)19-8-9-6-10(18)7-12(15(9)21)20(23)24/h6-8,21H,2-5H2,1H3. The summed E-state index contributed by atoms with van der Waals surface area (Å²) in [5, 5.41) is 21.6. The number of carbonyl (C=O) groups is 1. The van der Waals surface area contributed by atoms with Crippen LogP contribution in [0.3, 0.4) is 0 Å². The minimum Gasteiger partial charge on any atom is -0.502 e. The average molecular weight is 395 g/mol. The van der Waals surface area contributed by atoms with Gasteiger partial charge in [-0.3, -0.25) is 10.1 Å². The molecule has 0 aliphatic heterocycles. The summed E-state index contributed by atoms with van der Waals surface area (Å²) in [5.41, 5.74) is 0.991. The molecule has 0 saturated carbocycles. The number of nitro benzene ring substituents is 1. The number of hydrogen-bond acceptors (Lipinski definition) is 7. The van der Waals surface area contributed by atoms with Crippen molar-refractivity contribution in [2.75, 3.05) is 7.11 Å². The zero-order chi connectivity index (χ0) is 18.8. The lowest BCUT2D eigenvalue weighted by Crippen LogP contribution is -2.07. The van der Waals surface area contributed by atoms with Crippen molar-refractivity contribution in [2.45, 2.75) is 25.7 Å². The van der Waals surface area contributed by atoms with E-state index in [2.05, 4.69) is 4.99 Å². The third-order valence-electron chi connectivity index (χ3n) is 4.14. The number of nitro groups is 1. The summed E-state index contributed by atoms with van der Waals surface area (Å²) in [6.45, 7) is 0. The minimum atomic E-state index is -0.720. The summed E-state index contributed by atoms with van der Waals surface area (Å²) in [5.74, 6) is -0.984. The number of aryl methyl sites for hydroxylation is 1. The highest BCUT2D eigenvalue weighted by Crippen LogP contribution is 2.40. The highest BCUT2D eigenvalue weighted by atomic mass is 35.5. The van der Waals surface area contributed by atoms with E-state index < -0.39 is 22.3 Å². The van der Waals surface area contributed by atoms with Crippen molar-refractivity contribution in [1.82, 2.24) is 0 Å². The third kappa shape index (κ3) is 3.42.